The van der Waals surface area contributed by atoms with Crippen LogP contribution in [0.2, 0.25) is 0 Å². The van der Waals surface area contributed by atoms with Gasteiger partial charge in [-0.25, -0.2) is 14.8 Å². The molecule has 98 valence electrons. The van der Waals surface area contributed by atoms with Crippen LogP contribution in [0.4, 0.5) is 16.4 Å². The van der Waals surface area contributed by atoms with E-state index in [1.165, 1.54) is 5.56 Å². The van der Waals surface area contributed by atoms with Crippen molar-refractivity contribution in [1.82, 2.24) is 9.97 Å². The van der Waals surface area contributed by atoms with Crippen molar-refractivity contribution in [2.45, 2.75) is 19.8 Å². The van der Waals surface area contributed by atoms with Crippen molar-refractivity contribution < 1.29 is 4.79 Å². The van der Waals surface area contributed by atoms with Crippen LogP contribution in [-0.4, -0.2) is 16.0 Å². The minimum Gasteiger partial charge on any atom is -0.308 e. The fraction of sp³-hybridized carbons (Fsp3) is 0.214. The van der Waals surface area contributed by atoms with Crippen LogP contribution in [0.5, 0.6) is 0 Å². The lowest BCUT2D eigenvalue weighted by Gasteiger charge is -2.08. The zero-order valence-corrected chi connectivity index (χ0v) is 10.9. The maximum Gasteiger partial charge on any atom is 0.326 e. The molecule has 0 atom stereocenters. The number of aromatic nitrogens is 2. The number of urea groups is 1. The van der Waals surface area contributed by atoms with Gasteiger partial charge in [0.05, 0.1) is 0 Å². The molecule has 0 bridgehead atoms. The van der Waals surface area contributed by atoms with Crippen LogP contribution in [0.15, 0.2) is 42.7 Å². The molecule has 19 heavy (non-hydrogen) atoms. The lowest BCUT2D eigenvalue weighted by atomic mass is 10.0. The molecular formula is C14H16N4O. The fourth-order valence-corrected chi connectivity index (χ4v) is 1.58. The zero-order chi connectivity index (χ0) is 13.7. The van der Waals surface area contributed by atoms with Crippen LogP contribution in [0.25, 0.3) is 0 Å². The van der Waals surface area contributed by atoms with Gasteiger partial charge in [-0.15, -0.1) is 0 Å². The quantitative estimate of drug-likeness (QED) is 0.885. The molecule has 1 heterocycles. The third kappa shape index (κ3) is 3.77. The molecule has 0 unspecified atom stereocenters. The van der Waals surface area contributed by atoms with E-state index in [1.54, 1.807) is 18.5 Å². The largest absolute Gasteiger partial charge is 0.326 e. The number of rotatable bonds is 3. The van der Waals surface area contributed by atoms with Crippen LogP contribution in [0.1, 0.15) is 25.3 Å². The van der Waals surface area contributed by atoms with E-state index in [4.69, 9.17) is 0 Å². The molecule has 0 aliphatic carbocycles. The molecule has 2 N–H and O–H groups in total. The third-order valence-electron chi connectivity index (χ3n) is 2.63. The Morgan fingerprint density at radius 3 is 2.26 bits per heavy atom. The Labute approximate surface area is 112 Å². The predicted octanol–water partition coefficient (Wildman–Crippen LogP) is 3.24. The van der Waals surface area contributed by atoms with Crippen LogP contribution in [0.3, 0.4) is 0 Å². The summed E-state index contributed by atoms with van der Waals surface area (Å²) in [5, 5.41) is 5.28. The highest BCUT2D eigenvalue weighted by atomic mass is 16.2. The number of anilines is 2. The van der Waals surface area contributed by atoms with E-state index in [1.807, 2.05) is 24.3 Å². The van der Waals surface area contributed by atoms with Crippen LogP contribution >= 0.6 is 0 Å². The molecule has 1 aromatic heterocycles. The van der Waals surface area contributed by atoms with E-state index in [-0.39, 0.29) is 12.0 Å². The second-order valence-corrected chi connectivity index (χ2v) is 4.43. The number of hydrogen-bond donors (Lipinski definition) is 2. The first-order chi connectivity index (χ1) is 9.15. The number of nitrogens with zero attached hydrogens (tertiary/aromatic N) is 2. The Morgan fingerprint density at radius 2 is 1.68 bits per heavy atom. The number of carbonyl (C=O) groups excluding carboxylic acids is 1. The second-order valence-electron chi connectivity index (χ2n) is 4.43. The maximum absolute atomic E-state index is 11.7. The van der Waals surface area contributed by atoms with Gasteiger partial charge in [0.15, 0.2) is 0 Å². The van der Waals surface area contributed by atoms with Gasteiger partial charge in [0.25, 0.3) is 0 Å². The molecule has 0 saturated heterocycles. The first-order valence-corrected chi connectivity index (χ1v) is 6.10. The number of nitrogens with one attached hydrogen (secondary N) is 2. The van der Waals surface area contributed by atoms with E-state index >= 15 is 0 Å². The molecule has 0 aliphatic heterocycles. The highest BCUT2D eigenvalue weighted by Crippen LogP contribution is 2.17. The first-order valence-electron chi connectivity index (χ1n) is 6.10. The van der Waals surface area contributed by atoms with Gasteiger partial charge in [0, 0.05) is 18.1 Å². The van der Waals surface area contributed by atoms with E-state index in [9.17, 15) is 4.79 Å². The van der Waals surface area contributed by atoms with Gasteiger partial charge < -0.3 is 5.32 Å². The smallest absolute Gasteiger partial charge is 0.308 e. The molecule has 0 saturated carbocycles. The van der Waals surface area contributed by atoms with Gasteiger partial charge >= 0.3 is 6.03 Å². The summed E-state index contributed by atoms with van der Waals surface area (Å²) in [6.07, 6.45) is 3.14. The van der Waals surface area contributed by atoms with Crippen molar-refractivity contribution in [3.05, 3.63) is 48.3 Å². The Kier molecular flexibility index (Phi) is 4.07. The maximum atomic E-state index is 11.7. The molecule has 2 rings (SSSR count). The Balaban J connectivity index is 1.95. The highest BCUT2D eigenvalue weighted by Gasteiger charge is 2.04. The number of benzene rings is 1. The molecule has 2 aromatic rings. The Morgan fingerprint density at radius 1 is 1.05 bits per heavy atom. The summed E-state index contributed by atoms with van der Waals surface area (Å²) in [6.45, 7) is 4.25. The summed E-state index contributed by atoms with van der Waals surface area (Å²) in [4.78, 5) is 19.5. The fourth-order valence-electron chi connectivity index (χ4n) is 1.58. The summed E-state index contributed by atoms with van der Waals surface area (Å²) in [5.74, 6) is 0.749. The predicted molar refractivity (Wildman–Crippen MR) is 75.2 cm³/mol. The molecule has 1 aromatic carbocycles. The van der Waals surface area contributed by atoms with Gasteiger partial charge in [-0.05, 0) is 29.7 Å². The summed E-state index contributed by atoms with van der Waals surface area (Å²) in [5.41, 5.74) is 1.97. The molecule has 5 heteroatoms. The van der Waals surface area contributed by atoms with E-state index < -0.39 is 0 Å². The lowest BCUT2D eigenvalue weighted by Crippen LogP contribution is -2.20. The average Bonchev–Trinajstić information content (AvgIpc) is 2.40. The highest BCUT2D eigenvalue weighted by molar-refractivity contribution is 5.98. The van der Waals surface area contributed by atoms with E-state index in [0.717, 1.165) is 5.69 Å². The van der Waals surface area contributed by atoms with E-state index in [0.29, 0.717) is 5.92 Å². The molecule has 0 spiro atoms. The summed E-state index contributed by atoms with van der Waals surface area (Å²) in [7, 11) is 0. The van der Waals surface area contributed by atoms with Gasteiger partial charge in [0.2, 0.25) is 5.95 Å². The standard InChI is InChI=1S/C14H16N4O/c1-10(2)11-4-6-12(7-5-11)17-14(19)18-13-15-8-3-9-16-13/h3-10H,1-2H3,(H2,15,16,17,18,19). The minimum atomic E-state index is -0.358. The average molecular weight is 256 g/mol. The molecule has 0 radical (unpaired) electrons. The molecule has 2 amide bonds. The van der Waals surface area contributed by atoms with Gasteiger partial charge in [-0.1, -0.05) is 26.0 Å². The second kappa shape index (κ2) is 5.95. The van der Waals surface area contributed by atoms with Gasteiger partial charge in [-0.3, -0.25) is 5.32 Å². The van der Waals surface area contributed by atoms with Crippen molar-refractivity contribution in [3.8, 4) is 0 Å². The number of carbonyl (C=O) groups is 1. The van der Waals surface area contributed by atoms with Crippen molar-refractivity contribution in [1.29, 1.82) is 0 Å². The monoisotopic (exact) mass is 256 g/mol. The zero-order valence-electron chi connectivity index (χ0n) is 10.9. The van der Waals surface area contributed by atoms with Crippen LogP contribution in [0, 0.1) is 0 Å². The molecule has 5 nitrogen and oxygen atoms in total. The lowest BCUT2D eigenvalue weighted by molar-refractivity contribution is 0.262. The normalized spacial score (nSPS) is 10.3. The third-order valence-corrected chi connectivity index (χ3v) is 2.63. The van der Waals surface area contributed by atoms with Gasteiger partial charge in [-0.2, -0.15) is 0 Å². The van der Waals surface area contributed by atoms with Crippen LogP contribution < -0.4 is 10.6 Å². The van der Waals surface area contributed by atoms with E-state index in [2.05, 4.69) is 34.4 Å². The van der Waals surface area contributed by atoms with Crippen LogP contribution in [-0.2, 0) is 0 Å². The topological polar surface area (TPSA) is 66.9 Å². The van der Waals surface area contributed by atoms with Crippen molar-refractivity contribution >= 4 is 17.7 Å². The summed E-state index contributed by atoms with van der Waals surface area (Å²) < 4.78 is 0. The molecule has 0 aliphatic rings. The Hall–Kier alpha value is -2.43. The van der Waals surface area contributed by atoms with Crippen molar-refractivity contribution in [2.24, 2.45) is 0 Å². The molecular weight excluding hydrogens is 240 g/mol. The van der Waals surface area contributed by atoms with Crippen molar-refractivity contribution in [3.63, 3.8) is 0 Å². The number of amides is 2. The van der Waals surface area contributed by atoms with Crippen molar-refractivity contribution in [2.75, 3.05) is 10.6 Å². The first kappa shape index (κ1) is 13.0. The SMILES string of the molecule is CC(C)c1ccc(NC(=O)Nc2ncccn2)cc1. The summed E-state index contributed by atoms with van der Waals surface area (Å²) >= 11 is 0. The number of hydrogen-bond acceptors (Lipinski definition) is 3. The summed E-state index contributed by atoms with van der Waals surface area (Å²) in [6, 6.07) is 9.08. The Bertz CT molecular complexity index is 537. The minimum absolute atomic E-state index is 0.277. The molecule has 0 fully saturated rings. The van der Waals surface area contributed by atoms with Gasteiger partial charge in [0.1, 0.15) is 0 Å².